The molecule has 7 heteroatoms. The third-order valence-electron chi connectivity index (χ3n) is 5.88. The first-order chi connectivity index (χ1) is 14.4. The summed E-state index contributed by atoms with van der Waals surface area (Å²) in [5.41, 5.74) is 3.43. The van der Waals surface area contributed by atoms with Gasteiger partial charge in [0, 0.05) is 18.7 Å². The number of benzene rings is 2. The Bertz CT molecular complexity index is 1020. The predicted octanol–water partition coefficient (Wildman–Crippen LogP) is 3.21. The maximum Gasteiger partial charge on any atom is 0.252 e. The first-order valence-electron chi connectivity index (χ1n) is 10.4. The zero-order valence-electron chi connectivity index (χ0n) is 17.4. The summed E-state index contributed by atoms with van der Waals surface area (Å²) in [6.07, 6.45) is 2.17. The maximum absolute atomic E-state index is 13.2. The highest BCUT2D eigenvalue weighted by molar-refractivity contribution is 7.89. The van der Waals surface area contributed by atoms with Crippen molar-refractivity contribution in [2.75, 3.05) is 26.3 Å². The molecular formula is C23H28N2O4S. The lowest BCUT2D eigenvalue weighted by molar-refractivity contribution is 0.0730. The third-order valence-corrected chi connectivity index (χ3v) is 7.77. The van der Waals surface area contributed by atoms with E-state index in [-0.39, 0.29) is 16.8 Å². The van der Waals surface area contributed by atoms with Crippen molar-refractivity contribution in [3.63, 3.8) is 0 Å². The molecule has 6 nitrogen and oxygen atoms in total. The molecule has 1 N–H and O–H groups in total. The van der Waals surface area contributed by atoms with Gasteiger partial charge < -0.3 is 10.1 Å². The van der Waals surface area contributed by atoms with E-state index < -0.39 is 10.0 Å². The van der Waals surface area contributed by atoms with Crippen molar-refractivity contribution in [3.8, 4) is 0 Å². The summed E-state index contributed by atoms with van der Waals surface area (Å²) in [5, 5.41) is 3.16. The van der Waals surface area contributed by atoms with E-state index in [1.807, 2.05) is 13.8 Å². The number of hydrogen-bond acceptors (Lipinski definition) is 4. The number of carbonyl (C=O) groups excluding carboxylic acids is 1. The van der Waals surface area contributed by atoms with Gasteiger partial charge in [0.05, 0.1) is 24.2 Å². The number of nitrogens with zero attached hydrogens (tertiary/aromatic N) is 1. The van der Waals surface area contributed by atoms with E-state index in [9.17, 15) is 13.2 Å². The van der Waals surface area contributed by atoms with Gasteiger partial charge >= 0.3 is 0 Å². The highest BCUT2D eigenvalue weighted by Gasteiger charge is 2.34. The largest absolute Gasteiger partial charge is 0.379 e. The minimum atomic E-state index is -3.65. The molecule has 0 spiro atoms. The molecule has 0 radical (unpaired) electrons. The Morgan fingerprint density at radius 2 is 1.73 bits per heavy atom. The topological polar surface area (TPSA) is 75.7 Å². The SMILES string of the molecule is Cc1ccc(C(NC(=O)c2cc(S(=O)(=O)N3CCOCC3)ccc2C)C2CC2)cc1. The van der Waals surface area contributed by atoms with Gasteiger partial charge in [-0.15, -0.1) is 0 Å². The van der Waals surface area contributed by atoms with Gasteiger partial charge in [0.2, 0.25) is 10.0 Å². The average molecular weight is 429 g/mol. The second-order valence-corrected chi connectivity index (χ2v) is 10.1. The minimum Gasteiger partial charge on any atom is -0.379 e. The zero-order chi connectivity index (χ0) is 21.3. The summed E-state index contributed by atoms with van der Waals surface area (Å²) in [6.45, 7) is 5.30. The van der Waals surface area contributed by atoms with E-state index in [0.29, 0.717) is 37.8 Å². The van der Waals surface area contributed by atoms with Crippen LogP contribution in [0.2, 0.25) is 0 Å². The van der Waals surface area contributed by atoms with Crippen LogP contribution >= 0.6 is 0 Å². The second kappa shape index (κ2) is 8.49. The normalized spacial score (nSPS) is 18.7. The molecule has 0 bridgehead atoms. The molecule has 160 valence electrons. The molecule has 2 aliphatic rings. The lowest BCUT2D eigenvalue weighted by atomic mass is 10.00. The molecule has 30 heavy (non-hydrogen) atoms. The van der Waals surface area contributed by atoms with Gasteiger partial charge in [0.1, 0.15) is 0 Å². The van der Waals surface area contributed by atoms with E-state index in [1.165, 1.54) is 15.9 Å². The molecular weight excluding hydrogens is 400 g/mol. The Balaban J connectivity index is 1.59. The number of rotatable bonds is 6. The minimum absolute atomic E-state index is 0.0583. The number of amides is 1. The van der Waals surface area contributed by atoms with Gasteiger partial charge in [0.25, 0.3) is 5.91 Å². The Morgan fingerprint density at radius 1 is 1.07 bits per heavy atom. The van der Waals surface area contributed by atoms with Crippen molar-refractivity contribution in [1.29, 1.82) is 0 Å². The highest BCUT2D eigenvalue weighted by atomic mass is 32.2. The molecule has 1 aliphatic carbocycles. The Hall–Kier alpha value is -2.22. The van der Waals surface area contributed by atoms with Gasteiger partial charge in [-0.05, 0) is 55.9 Å². The lowest BCUT2D eigenvalue weighted by Crippen LogP contribution is -2.40. The van der Waals surface area contributed by atoms with Gasteiger partial charge in [-0.25, -0.2) is 8.42 Å². The van der Waals surface area contributed by atoms with E-state index in [2.05, 4.69) is 29.6 Å². The van der Waals surface area contributed by atoms with Crippen LogP contribution in [0.1, 0.15) is 45.9 Å². The van der Waals surface area contributed by atoms with Crippen molar-refractivity contribution >= 4 is 15.9 Å². The number of sulfonamides is 1. The molecule has 2 aromatic rings. The Labute approximate surface area is 178 Å². The smallest absolute Gasteiger partial charge is 0.252 e. The molecule has 0 aromatic heterocycles. The van der Waals surface area contributed by atoms with Gasteiger partial charge in [-0.1, -0.05) is 35.9 Å². The van der Waals surface area contributed by atoms with Gasteiger partial charge in [-0.2, -0.15) is 4.31 Å². The standard InChI is InChI=1S/C23H28N2O4S/c1-16-3-6-18(7-4-16)22(19-8-9-19)24-23(26)21-15-20(10-5-17(21)2)30(27,28)25-11-13-29-14-12-25/h3-7,10,15,19,22H,8-9,11-14H2,1-2H3,(H,24,26). The van der Waals surface area contributed by atoms with Crippen molar-refractivity contribution < 1.29 is 17.9 Å². The fourth-order valence-corrected chi connectivity index (χ4v) is 5.27. The van der Waals surface area contributed by atoms with Crippen LogP contribution in [0.5, 0.6) is 0 Å². The lowest BCUT2D eigenvalue weighted by Gasteiger charge is -2.26. The molecule has 1 saturated carbocycles. The van der Waals surface area contributed by atoms with E-state index >= 15 is 0 Å². The quantitative estimate of drug-likeness (QED) is 0.767. The molecule has 1 amide bonds. The Kier molecular flexibility index (Phi) is 5.95. The van der Waals surface area contributed by atoms with Gasteiger partial charge in [0.15, 0.2) is 0 Å². The summed E-state index contributed by atoms with van der Waals surface area (Å²) in [7, 11) is -3.65. The number of ether oxygens (including phenoxy) is 1. The maximum atomic E-state index is 13.2. The second-order valence-electron chi connectivity index (χ2n) is 8.19. The summed E-state index contributed by atoms with van der Waals surface area (Å²) in [6, 6.07) is 13.0. The Morgan fingerprint density at radius 3 is 2.37 bits per heavy atom. The van der Waals surface area contributed by atoms with Crippen molar-refractivity contribution in [1.82, 2.24) is 9.62 Å². The predicted molar refractivity (Wildman–Crippen MR) is 115 cm³/mol. The average Bonchev–Trinajstić information content (AvgIpc) is 3.58. The molecule has 2 aromatic carbocycles. The van der Waals surface area contributed by atoms with Crippen LogP contribution in [0, 0.1) is 19.8 Å². The molecule has 1 saturated heterocycles. The summed E-state index contributed by atoms with van der Waals surface area (Å²) >= 11 is 0. The summed E-state index contributed by atoms with van der Waals surface area (Å²) in [4.78, 5) is 13.3. The first kappa shape index (κ1) is 21.0. The fraction of sp³-hybridized carbons (Fsp3) is 0.435. The number of nitrogens with one attached hydrogen (secondary N) is 1. The van der Waals surface area contributed by atoms with Crippen LogP contribution in [-0.4, -0.2) is 44.9 Å². The molecule has 1 heterocycles. The number of aryl methyl sites for hydroxylation is 2. The van der Waals surface area contributed by atoms with Crippen LogP contribution in [-0.2, 0) is 14.8 Å². The molecule has 4 rings (SSSR count). The van der Waals surface area contributed by atoms with E-state index in [1.54, 1.807) is 12.1 Å². The van der Waals surface area contributed by atoms with Crippen molar-refractivity contribution in [3.05, 3.63) is 64.7 Å². The van der Waals surface area contributed by atoms with Crippen LogP contribution in [0.25, 0.3) is 0 Å². The number of carbonyl (C=O) groups is 1. The first-order valence-corrected chi connectivity index (χ1v) is 11.9. The van der Waals surface area contributed by atoms with Gasteiger partial charge in [-0.3, -0.25) is 4.79 Å². The van der Waals surface area contributed by atoms with E-state index in [0.717, 1.165) is 24.0 Å². The van der Waals surface area contributed by atoms with Crippen LogP contribution in [0.15, 0.2) is 47.4 Å². The van der Waals surface area contributed by atoms with Crippen molar-refractivity contribution in [2.45, 2.75) is 37.6 Å². The van der Waals surface area contributed by atoms with Crippen LogP contribution < -0.4 is 5.32 Å². The third kappa shape index (κ3) is 4.43. The molecule has 1 atom stereocenters. The monoisotopic (exact) mass is 428 g/mol. The molecule has 2 fully saturated rings. The number of morpholine rings is 1. The zero-order valence-corrected chi connectivity index (χ0v) is 18.2. The summed E-state index contributed by atoms with van der Waals surface area (Å²) in [5.74, 6) is 0.196. The van der Waals surface area contributed by atoms with Crippen LogP contribution in [0.3, 0.4) is 0 Å². The number of hydrogen-bond donors (Lipinski definition) is 1. The molecule has 1 unspecified atom stereocenters. The molecule has 1 aliphatic heterocycles. The fourth-order valence-electron chi connectivity index (χ4n) is 3.84. The highest BCUT2D eigenvalue weighted by Crippen LogP contribution is 2.41. The van der Waals surface area contributed by atoms with Crippen LogP contribution in [0.4, 0.5) is 0 Å². The summed E-state index contributed by atoms with van der Waals surface area (Å²) < 4.78 is 32.7. The van der Waals surface area contributed by atoms with Crippen molar-refractivity contribution in [2.24, 2.45) is 5.92 Å². The van der Waals surface area contributed by atoms with E-state index in [4.69, 9.17) is 4.74 Å².